The van der Waals surface area contributed by atoms with E-state index < -0.39 is 59.7 Å². The van der Waals surface area contributed by atoms with Gasteiger partial charge < -0.3 is 19.1 Å². The number of carbonyl (C=O) groups is 2. The number of aromatic nitrogens is 1. The van der Waals surface area contributed by atoms with E-state index in [4.69, 9.17) is 9.47 Å². The molecule has 1 aliphatic rings. The number of pyridine rings is 1. The molecule has 0 spiro atoms. The molecule has 3 aromatic rings. The normalized spacial score (nSPS) is 15.2. The number of rotatable bonds is 15. The number of nitrogens with zero attached hydrogens (tertiary/aromatic N) is 2. The Morgan fingerprint density at radius 1 is 1.02 bits per heavy atom. The number of aliphatic carboxylic acids is 1. The monoisotopic (exact) mass is 702 g/mol. The van der Waals surface area contributed by atoms with Gasteiger partial charge in [0.25, 0.3) is 5.56 Å². The molecule has 0 aliphatic carbocycles. The standard InChI is InChI=1S/C38H46F4N2O6/c1-21(2)12-31(44-18-25(10-11-43-19-28(20-43)49-6)30(17-34(44)46)38(40,41)42)32(45)15-26(16-35(47)48)29-14-27(13-23(4)37(29)39)36-22(3)8-9-33(50-7)24(36)5/h8-9,13-14,17-18,21,26,28,31H,10-12,15-16,19-20H2,1-7H3,(H,47,48)/t26-,31?/m0/s1. The Balaban J connectivity index is 1.76. The number of carboxylic acid groups (broad SMARTS) is 1. The third-order valence-electron chi connectivity index (χ3n) is 9.55. The number of ketones is 1. The lowest BCUT2D eigenvalue weighted by Crippen LogP contribution is -2.52. The summed E-state index contributed by atoms with van der Waals surface area (Å²) in [4.78, 5) is 41.6. The highest BCUT2D eigenvalue weighted by Crippen LogP contribution is 2.39. The molecule has 0 amide bonds. The number of Topliss-reactive ketones (excluding diaryl/α,β-unsaturated/α-hetero) is 1. The maximum Gasteiger partial charge on any atom is 0.416 e. The molecule has 50 heavy (non-hydrogen) atoms. The van der Waals surface area contributed by atoms with Crippen molar-refractivity contribution in [3.63, 3.8) is 0 Å². The van der Waals surface area contributed by atoms with Crippen molar-refractivity contribution in [2.75, 3.05) is 33.9 Å². The molecule has 2 atom stereocenters. The zero-order valence-electron chi connectivity index (χ0n) is 29.6. The first-order valence-electron chi connectivity index (χ1n) is 16.7. The second kappa shape index (κ2) is 15.9. The van der Waals surface area contributed by atoms with E-state index in [0.29, 0.717) is 37.0 Å². The Labute approximate surface area is 290 Å². The van der Waals surface area contributed by atoms with Crippen molar-refractivity contribution in [3.05, 3.63) is 86.1 Å². The maximum absolute atomic E-state index is 15.9. The summed E-state index contributed by atoms with van der Waals surface area (Å²) < 4.78 is 70.1. The number of methoxy groups -OCH3 is 2. The van der Waals surface area contributed by atoms with Crippen molar-refractivity contribution in [3.8, 4) is 16.9 Å². The van der Waals surface area contributed by atoms with Crippen molar-refractivity contribution in [1.29, 1.82) is 0 Å². The highest BCUT2D eigenvalue weighted by Gasteiger charge is 2.37. The number of carbonyl (C=O) groups excluding carboxylic acids is 1. The van der Waals surface area contributed by atoms with Gasteiger partial charge in [-0.05, 0) is 96.7 Å². The van der Waals surface area contributed by atoms with Crippen molar-refractivity contribution in [2.45, 2.75) is 84.5 Å². The molecule has 0 radical (unpaired) electrons. The Hall–Kier alpha value is -4.03. The highest BCUT2D eigenvalue weighted by atomic mass is 19.4. The Bertz CT molecular complexity index is 1780. The topological polar surface area (TPSA) is 98.1 Å². The van der Waals surface area contributed by atoms with Gasteiger partial charge in [0, 0.05) is 51.3 Å². The van der Waals surface area contributed by atoms with E-state index >= 15 is 4.39 Å². The number of hydrogen-bond acceptors (Lipinski definition) is 6. The number of likely N-dealkylation sites (tertiary alicyclic amines) is 1. The molecule has 1 fully saturated rings. The lowest BCUT2D eigenvalue weighted by Gasteiger charge is -2.38. The van der Waals surface area contributed by atoms with Crippen LogP contribution in [0, 0.1) is 32.5 Å². The fourth-order valence-corrected chi connectivity index (χ4v) is 6.89. The van der Waals surface area contributed by atoms with Gasteiger partial charge in [-0.25, -0.2) is 4.39 Å². The van der Waals surface area contributed by atoms with Gasteiger partial charge in [0.15, 0.2) is 5.78 Å². The van der Waals surface area contributed by atoms with Crippen LogP contribution in [0.25, 0.3) is 11.1 Å². The third-order valence-corrected chi connectivity index (χ3v) is 9.55. The SMILES string of the molecule is COc1ccc(C)c(-c2cc(C)c(F)c([C@H](CC(=O)O)CC(=O)C(CC(C)C)n3cc(CCN4CC(OC)C4)c(C(F)(F)F)cc3=O)c2)c1C. The van der Waals surface area contributed by atoms with E-state index in [0.717, 1.165) is 27.5 Å². The minimum absolute atomic E-state index is 0.00993. The van der Waals surface area contributed by atoms with Gasteiger partial charge in [-0.2, -0.15) is 13.2 Å². The molecular weight excluding hydrogens is 656 g/mol. The molecule has 1 N–H and O–H groups in total. The largest absolute Gasteiger partial charge is 0.496 e. The second-order valence-corrected chi connectivity index (χ2v) is 13.7. The lowest BCUT2D eigenvalue weighted by molar-refractivity contribution is -0.139. The minimum Gasteiger partial charge on any atom is -0.496 e. The van der Waals surface area contributed by atoms with Gasteiger partial charge in [-0.1, -0.05) is 19.9 Å². The average molecular weight is 703 g/mol. The summed E-state index contributed by atoms with van der Waals surface area (Å²) in [5.41, 5.74) is 1.20. The molecular formula is C38H46F4N2O6. The first-order valence-corrected chi connectivity index (χ1v) is 16.7. The van der Waals surface area contributed by atoms with Gasteiger partial charge in [0.1, 0.15) is 11.6 Å². The molecule has 1 aromatic heterocycles. The Kier molecular flexibility index (Phi) is 12.3. The summed E-state index contributed by atoms with van der Waals surface area (Å²) in [6.45, 7) is 10.4. The second-order valence-electron chi connectivity index (χ2n) is 13.7. The van der Waals surface area contributed by atoms with E-state index in [-0.39, 0.29) is 41.6 Å². The molecule has 1 unspecified atom stereocenters. The molecule has 1 aliphatic heterocycles. The lowest BCUT2D eigenvalue weighted by atomic mass is 9.83. The van der Waals surface area contributed by atoms with Crippen molar-refractivity contribution < 1.29 is 41.7 Å². The van der Waals surface area contributed by atoms with E-state index in [1.54, 1.807) is 33.3 Å². The first kappa shape index (κ1) is 38.8. The Morgan fingerprint density at radius 2 is 1.70 bits per heavy atom. The van der Waals surface area contributed by atoms with Crippen LogP contribution in [0.4, 0.5) is 17.6 Å². The molecule has 12 heteroatoms. The summed E-state index contributed by atoms with van der Waals surface area (Å²) >= 11 is 0. The van der Waals surface area contributed by atoms with Crippen molar-refractivity contribution >= 4 is 11.8 Å². The van der Waals surface area contributed by atoms with Gasteiger partial charge >= 0.3 is 12.1 Å². The van der Waals surface area contributed by atoms with Crippen molar-refractivity contribution in [1.82, 2.24) is 9.47 Å². The molecule has 0 saturated carbocycles. The summed E-state index contributed by atoms with van der Waals surface area (Å²) in [5, 5.41) is 9.89. The van der Waals surface area contributed by atoms with Gasteiger partial charge in [-0.3, -0.25) is 19.3 Å². The molecule has 272 valence electrons. The van der Waals surface area contributed by atoms with Crippen LogP contribution in [-0.2, 0) is 26.9 Å². The molecule has 0 bridgehead atoms. The first-order chi connectivity index (χ1) is 23.4. The maximum atomic E-state index is 15.9. The molecule has 2 aromatic carbocycles. The van der Waals surface area contributed by atoms with E-state index in [9.17, 15) is 32.7 Å². The number of alkyl halides is 3. The van der Waals surface area contributed by atoms with Crippen LogP contribution < -0.4 is 10.3 Å². The number of halogens is 4. The summed E-state index contributed by atoms with van der Waals surface area (Å²) in [6, 6.07) is 6.24. The number of aryl methyl sites for hydroxylation is 2. The summed E-state index contributed by atoms with van der Waals surface area (Å²) in [5.74, 6) is -3.14. The molecule has 1 saturated heterocycles. The zero-order valence-corrected chi connectivity index (χ0v) is 29.6. The molecule has 8 nitrogen and oxygen atoms in total. The van der Waals surface area contributed by atoms with Crippen LogP contribution in [-0.4, -0.2) is 66.3 Å². The summed E-state index contributed by atoms with van der Waals surface area (Å²) in [6.07, 6.45) is -4.60. The molecule has 2 heterocycles. The van der Waals surface area contributed by atoms with Gasteiger partial charge in [0.2, 0.25) is 0 Å². The fraction of sp³-hybridized carbons (Fsp3) is 0.500. The van der Waals surface area contributed by atoms with Crippen molar-refractivity contribution in [2.24, 2.45) is 5.92 Å². The highest BCUT2D eigenvalue weighted by molar-refractivity contribution is 5.84. The van der Waals surface area contributed by atoms with Crippen LogP contribution >= 0.6 is 0 Å². The number of carboxylic acids is 1. The van der Waals surface area contributed by atoms with Crippen LogP contribution in [0.5, 0.6) is 5.75 Å². The van der Waals surface area contributed by atoms with E-state index in [1.165, 1.54) is 0 Å². The number of benzene rings is 2. The summed E-state index contributed by atoms with van der Waals surface area (Å²) in [7, 11) is 3.11. The smallest absolute Gasteiger partial charge is 0.416 e. The van der Waals surface area contributed by atoms with Crippen LogP contribution in [0.15, 0.2) is 41.3 Å². The van der Waals surface area contributed by atoms with Crippen LogP contribution in [0.2, 0.25) is 0 Å². The van der Waals surface area contributed by atoms with Crippen LogP contribution in [0.1, 0.15) is 78.5 Å². The minimum atomic E-state index is -4.79. The van der Waals surface area contributed by atoms with Gasteiger partial charge in [-0.15, -0.1) is 0 Å². The zero-order chi connectivity index (χ0) is 37.1. The quantitative estimate of drug-likeness (QED) is 0.166. The fourth-order valence-electron chi connectivity index (χ4n) is 6.89. The van der Waals surface area contributed by atoms with E-state index in [2.05, 4.69) is 0 Å². The third kappa shape index (κ3) is 8.81. The Morgan fingerprint density at radius 3 is 2.28 bits per heavy atom. The van der Waals surface area contributed by atoms with Crippen LogP contribution in [0.3, 0.4) is 0 Å². The predicted molar refractivity (Wildman–Crippen MR) is 182 cm³/mol. The van der Waals surface area contributed by atoms with E-state index in [1.807, 2.05) is 44.7 Å². The predicted octanol–water partition coefficient (Wildman–Crippen LogP) is 7.29. The van der Waals surface area contributed by atoms with Gasteiger partial charge in [0.05, 0.1) is 31.2 Å². The molecule has 4 rings (SSSR count). The number of ether oxygens (including phenoxy) is 2. The average Bonchev–Trinajstić information content (AvgIpc) is 3.00. The number of hydrogen-bond donors (Lipinski definition) is 1.